The van der Waals surface area contributed by atoms with Crippen molar-refractivity contribution in [1.29, 1.82) is 0 Å². The topological polar surface area (TPSA) is 40.5 Å². The lowest BCUT2D eigenvalue weighted by molar-refractivity contribution is 0.0619. The number of aliphatic hydroxyl groups is 2. The number of aliphatic hydroxyl groups excluding tert-OH is 2. The molecule has 0 aliphatic heterocycles. The lowest BCUT2D eigenvalue weighted by Crippen LogP contribution is -2.30. The molecule has 2 heteroatoms. The number of allylic oxidation sites excluding steroid dienone is 1. The largest absolute Gasteiger partial charge is 0.396 e. The fourth-order valence-corrected chi connectivity index (χ4v) is 1.91. The Morgan fingerprint density at radius 2 is 2.17 bits per heavy atom. The Hall–Kier alpha value is -0.340. The van der Waals surface area contributed by atoms with E-state index in [-0.39, 0.29) is 24.5 Å². The highest BCUT2D eigenvalue weighted by molar-refractivity contribution is 5.01. The van der Waals surface area contributed by atoms with Gasteiger partial charge in [-0.05, 0) is 25.2 Å². The van der Waals surface area contributed by atoms with E-state index < -0.39 is 0 Å². The molecule has 0 radical (unpaired) electrons. The van der Waals surface area contributed by atoms with Gasteiger partial charge in [-0.25, -0.2) is 0 Å². The van der Waals surface area contributed by atoms with E-state index in [0.717, 1.165) is 6.42 Å². The van der Waals surface area contributed by atoms with Crippen LogP contribution in [0.4, 0.5) is 0 Å². The van der Waals surface area contributed by atoms with Crippen LogP contribution >= 0.6 is 0 Å². The summed E-state index contributed by atoms with van der Waals surface area (Å²) in [5.74, 6) is 0.920. The Labute approximate surface area is 73.9 Å². The minimum absolute atomic E-state index is 0.152. The summed E-state index contributed by atoms with van der Waals surface area (Å²) in [6.45, 7) is 4.09. The van der Waals surface area contributed by atoms with E-state index in [4.69, 9.17) is 5.11 Å². The third-order valence-corrected chi connectivity index (χ3v) is 2.71. The monoisotopic (exact) mass is 170 g/mol. The predicted molar refractivity (Wildman–Crippen MR) is 48.7 cm³/mol. The Bertz CT molecular complexity index is 163. The van der Waals surface area contributed by atoms with Crippen LogP contribution in [-0.4, -0.2) is 22.9 Å². The number of rotatable bonds is 2. The van der Waals surface area contributed by atoms with Crippen LogP contribution in [0.2, 0.25) is 0 Å². The molecule has 0 heterocycles. The molecule has 0 bridgehead atoms. The summed E-state index contributed by atoms with van der Waals surface area (Å²) >= 11 is 0. The third-order valence-electron chi connectivity index (χ3n) is 2.71. The molecular formula is C10H18O2. The Morgan fingerprint density at radius 3 is 2.67 bits per heavy atom. The molecule has 0 amide bonds. The van der Waals surface area contributed by atoms with Gasteiger partial charge in [-0.3, -0.25) is 0 Å². The molecule has 2 N–H and O–H groups in total. The van der Waals surface area contributed by atoms with E-state index in [0.29, 0.717) is 5.92 Å². The van der Waals surface area contributed by atoms with E-state index in [1.165, 1.54) is 0 Å². The van der Waals surface area contributed by atoms with Crippen LogP contribution in [0.3, 0.4) is 0 Å². The van der Waals surface area contributed by atoms with Gasteiger partial charge in [0.1, 0.15) is 0 Å². The van der Waals surface area contributed by atoms with Crippen molar-refractivity contribution in [2.75, 3.05) is 6.61 Å². The van der Waals surface area contributed by atoms with Crippen molar-refractivity contribution < 1.29 is 10.2 Å². The normalized spacial score (nSPS) is 38.2. The smallest absolute Gasteiger partial charge is 0.0546 e. The summed E-state index contributed by atoms with van der Waals surface area (Å²) in [6, 6.07) is 0. The molecular weight excluding hydrogens is 152 g/mol. The molecule has 4 unspecified atom stereocenters. The first-order chi connectivity index (χ1) is 5.65. The summed E-state index contributed by atoms with van der Waals surface area (Å²) in [7, 11) is 0. The highest BCUT2D eigenvalue weighted by atomic mass is 16.3. The predicted octanol–water partition coefficient (Wildman–Crippen LogP) is 1.19. The lowest BCUT2D eigenvalue weighted by atomic mass is 9.77. The molecule has 0 aromatic heterocycles. The molecule has 1 rings (SSSR count). The fraction of sp³-hybridized carbons (Fsp3) is 0.800. The van der Waals surface area contributed by atoms with Gasteiger partial charge in [0.2, 0.25) is 0 Å². The van der Waals surface area contributed by atoms with Crippen LogP contribution in [0.1, 0.15) is 20.3 Å². The Kier molecular flexibility index (Phi) is 3.29. The van der Waals surface area contributed by atoms with Gasteiger partial charge in [0.05, 0.1) is 6.10 Å². The highest BCUT2D eigenvalue weighted by Gasteiger charge is 2.27. The average molecular weight is 170 g/mol. The first-order valence-electron chi connectivity index (χ1n) is 4.62. The van der Waals surface area contributed by atoms with Crippen molar-refractivity contribution in [2.45, 2.75) is 26.4 Å². The molecule has 1 aliphatic rings. The number of hydrogen-bond acceptors (Lipinski definition) is 2. The maximum Gasteiger partial charge on any atom is 0.0546 e. The molecule has 0 saturated carbocycles. The second kappa shape index (κ2) is 4.06. The van der Waals surface area contributed by atoms with Gasteiger partial charge in [0, 0.05) is 12.5 Å². The van der Waals surface area contributed by atoms with Crippen molar-refractivity contribution >= 4 is 0 Å². The molecule has 0 saturated heterocycles. The number of hydrogen-bond donors (Lipinski definition) is 2. The van der Waals surface area contributed by atoms with Crippen LogP contribution in [0.25, 0.3) is 0 Å². The molecule has 1 aliphatic carbocycles. The summed E-state index contributed by atoms with van der Waals surface area (Å²) in [5.41, 5.74) is 0. The first kappa shape index (κ1) is 9.75. The molecule has 2 nitrogen and oxygen atoms in total. The second-order valence-corrected chi connectivity index (χ2v) is 3.85. The molecule has 0 aromatic rings. The van der Waals surface area contributed by atoms with Gasteiger partial charge < -0.3 is 10.2 Å². The van der Waals surface area contributed by atoms with Crippen LogP contribution < -0.4 is 0 Å². The minimum Gasteiger partial charge on any atom is -0.396 e. The van der Waals surface area contributed by atoms with Crippen molar-refractivity contribution in [3.63, 3.8) is 0 Å². The molecule has 0 fully saturated rings. The van der Waals surface area contributed by atoms with Crippen LogP contribution in [0.5, 0.6) is 0 Å². The van der Waals surface area contributed by atoms with Crippen molar-refractivity contribution in [2.24, 2.45) is 17.8 Å². The molecule has 4 atom stereocenters. The zero-order chi connectivity index (χ0) is 9.14. The third kappa shape index (κ3) is 2.08. The van der Waals surface area contributed by atoms with Gasteiger partial charge in [-0.1, -0.05) is 19.1 Å². The quantitative estimate of drug-likeness (QED) is 0.611. The summed E-state index contributed by atoms with van der Waals surface area (Å²) in [4.78, 5) is 0. The highest BCUT2D eigenvalue weighted by Crippen LogP contribution is 2.30. The minimum atomic E-state index is -0.311. The van der Waals surface area contributed by atoms with Crippen LogP contribution in [0, 0.1) is 17.8 Å². The molecule has 0 spiro atoms. The van der Waals surface area contributed by atoms with E-state index in [1.807, 2.05) is 6.08 Å². The zero-order valence-electron chi connectivity index (χ0n) is 7.77. The SMILES string of the molecule is CC1C=CC(CO)C(C(C)O)C1. The van der Waals surface area contributed by atoms with E-state index in [1.54, 1.807) is 6.92 Å². The summed E-state index contributed by atoms with van der Waals surface area (Å²) < 4.78 is 0. The fourth-order valence-electron chi connectivity index (χ4n) is 1.91. The zero-order valence-corrected chi connectivity index (χ0v) is 7.77. The van der Waals surface area contributed by atoms with Crippen LogP contribution in [0.15, 0.2) is 12.2 Å². The van der Waals surface area contributed by atoms with Crippen LogP contribution in [-0.2, 0) is 0 Å². The van der Waals surface area contributed by atoms with Crippen molar-refractivity contribution in [3.05, 3.63) is 12.2 Å². The van der Waals surface area contributed by atoms with Gasteiger partial charge in [0.15, 0.2) is 0 Å². The van der Waals surface area contributed by atoms with E-state index in [2.05, 4.69) is 13.0 Å². The van der Waals surface area contributed by atoms with Gasteiger partial charge >= 0.3 is 0 Å². The maximum atomic E-state index is 9.45. The summed E-state index contributed by atoms with van der Waals surface area (Å²) in [6.07, 6.45) is 4.83. The van der Waals surface area contributed by atoms with Gasteiger partial charge in [-0.15, -0.1) is 0 Å². The second-order valence-electron chi connectivity index (χ2n) is 3.85. The Balaban J connectivity index is 2.64. The van der Waals surface area contributed by atoms with Gasteiger partial charge in [-0.2, -0.15) is 0 Å². The lowest BCUT2D eigenvalue weighted by Gasteiger charge is -2.31. The van der Waals surface area contributed by atoms with Crippen molar-refractivity contribution in [1.82, 2.24) is 0 Å². The maximum absolute atomic E-state index is 9.45. The first-order valence-corrected chi connectivity index (χ1v) is 4.62. The molecule has 12 heavy (non-hydrogen) atoms. The summed E-state index contributed by atoms with van der Waals surface area (Å²) in [5, 5.41) is 18.5. The van der Waals surface area contributed by atoms with E-state index >= 15 is 0 Å². The van der Waals surface area contributed by atoms with E-state index in [9.17, 15) is 5.11 Å². The average Bonchev–Trinajstić information content (AvgIpc) is 2.04. The molecule has 70 valence electrons. The molecule has 0 aromatic carbocycles. The Morgan fingerprint density at radius 1 is 1.50 bits per heavy atom. The van der Waals surface area contributed by atoms with Crippen molar-refractivity contribution in [3.8, 4) is 0 Å². The standard InChI is InChI=1S/C10H18O2/c1-7-3-4-9(6-11)10(5-7)8(2)12/h3-4,7-12H,5-6H2,1-2H3. The van der Waals surface area contributed by atoms with Gasteiger partial charge in [0.25, 0.3) is 0 Å².